The van der Waals surface area contributed by atoms with Crippen molar-refractivity contribution in [2.24, 2.45) is 5.14 Å². The molecule has 0 spiro atoms. The molecule has 4 nitrogen and oxygen atoms in total. The summed E-state index contributed by atoms with van der Waals surface area (Å²) in [6.07, 6.45) is 3.62. The lowest BCUT2D eigenvalue weighted by Crippen LogP contribution is -2.40. The summed E-state index contributed by atoms with van der Waals surface area (Å²) in [5.74, 6) is 0. The van der Waals surface area contributed by atoms with Crippen molar-refractivity contribution in [3.63, 3.8) is 0 Å². The molecule has 0 aromatic heterocycles. The molecule has 0 aliphatic carbocycles. The van der Waals surface area contributed by atoms with E-state index in [4.69, 9.17) is 5.14 Å². The maximum Gasteiger partial charge on any atom is 0.212 e. The van der Waals surface area contributed by atoms with Gasteiger partial charge in [0.25, 0.3) is 0 Å². The molecule has 1 fully saturated rings. The van der Waals surface area contributed by atoms with Crippen LogP contribution < -0.4 is 5.14 Å². The van der Waals surface area contributed by atoms with Crippen molar-refractivity contribution >= 4 is 10.0 Å². The maximum atomic E-state index is 11.0. The van der Waals surface area contributed by atoms with E-state index in [9.17, 15) is 8.42 Å². The molecule has 78 valence electrons. The van der Waals surface area contributed by atoms with Gasteiger partial charge >= 0.3 is 0 Å². The lowest BCUT2D eigenvalue weighted by molar-refractivity contribution is 0.230. The molecule has 5 heteroatoms. The van der Waals surface area contributed by atoms with Crippen molar-refractivity contribution in [3.05, 3.63) is 0 Å². The molecule has 1 heterocycles. The zero-order chi connectivity index (χ0) is 9.90. The molecule has 13 heavy (non-hydrogen) atoms. The third kappa shape index (κ3) is 3.62. The Labute approximate surface area is 80.1 Å². The van der Waals surface area contributed by atoms with E-state index in [1.54, 1.807) is 6.92 Å². The van der Waals surface area contributed by atoms with Crippen LogP contribution in [0.2, 0.25) is 0 Å². The largest absolute Gasteiger partial charge is 0.302 e. The van der Waals surface area contributed by atoms with Gasteiger partial charge in [0.1, 0.15) is 0 Å². The van der Waals surface area contributed by atoms with Crippen LogP contribution in [0.15, 0.2) is 0 Å². The lowest BCUT2D eigenvalue weighted by atomic mass is 10.1. The smallest absolute Gasteiger partial charge is 0.212 e. The standard InChI is InChI=1S/C8H18N2O2S/c1-8(13(9,11)12)7-10-5-3-2-4-6-10/h8H,2-7H2,1H3,(H2,9,11,12). The highest BCUT2D eigenvalue weighted by molar-refractivity contribution is 7.89. The first kappa shape index (κ1) is 10.9. The van der Waals surface area contributed by atoms with Gasteiger partial charge in [-0.25, -0.2) is 13.6 Å². The summed E-state index contributed by atoms with van der Waals surface area (Å²) >= 11 is 0. The molecule has 0 aromatic carbocycles. The Morgan fingerprint density at radius 1 is 1.31 bits per heavy atom. The summed E-state index contributed by atoms with van der Waals surface area (Å²) in [6.45, 7) is 4.28. The molecule has 2 N–H and O–H groups in total. The van der Waals surface area contributed by atoms with E-state index in [-0.39, 0.29) is 0 Å². The van der Waals surface area contributed by atoms with E-state index < -0.39 is 15.3 Å². The van der Waals surface area contributed by atoms with Gasteiger partial charge in [0.15, 0.2) is 0 Å². The number of likely N-dealkylation sites (tertiary alicyclic amines) is 1. The fourth-order valence-corrected chi connectivity index (χ4v) is 2.03. The number of hydrogen-bond acceptors (Lipinski definition) is 3. The average molecular weight is 206 g/mol. The first-order valence-corrected chi connectivity index (χ1v) is 6.35. The van der Waals surface area contributed by atoms with Crippen molar-refractivity contribution in [2.75, 3.05) is 19.6 Å². The van der Waals surface area contributed by atoms with Crippen LogP contribution in [0.3, 0.4) is 0 Å². The van der Waals surface area contributed by atoms with Crippen LogP contribution in [0.4, 0.5) is 0 Å². The van der Waals surface area contributed by atoms with Crippen LogP contribution >= 0.6 is 0 Å². The number of nitrogens with zero attached hydrogens (tertiary/aromatic N) is 1. The molecular formula is C8H18N2O2S. The third-order valence-corrected chi connectivity index (χ3v) is 3.80. The Morgan fingerprint density at radius 3 is 2.31 bits per heavy atom. The summed E-state index contributed by atoms with van der Waals surface area (Å²) in [5, 5.41) is 4.60. The van der Waals surface area contributed by atoms with Crippen LogP contribution in [0.1, 0.15) is 26.2 Å². The number of hydrogen-bond donors (Lipinski definition) is 1. The molecule has 1 saturated heterocycles. The zero-order valence-electron chi connectivity index (χ0n) is 8.07. The lowest BCUT2D eigenvalue weighted by Gasteiger charge is -2.28. The van der Waals surface area contributed by atoms with E-state index >= 15 is 0 Å². The van der Waals surface area contributed by atoms with Crippen molar-refractivity contribution < 1.29 is 8.42 Å². The monoisotopic (exact) mass is 206 g/mol. The summed E-state index contributed by atoms with van der Waals surface area (Å²) in [7, 11) is -3.34. The van der Waals surface area contributed by atoms with Gasteiger partial charge < -0.3 is 4.90 Å². The van der Waals surface area contributed by atoms with Crippen LogP contribution in [-0.2, 0) is 10.0 Å². The normalized spacial score (nSPS) is 22.9. The summed E-state index contributed by atoms with van der Waals surface area (Å²) in [5.41, 5.74) is 0. The van der Waals surface area contributed by atoms with E-state index in [1.807, 2.05) is 0 Å². The molecule has 0 saturated carbocycles. The van der Waals surface area contributed by atoms with Gasteiger partial charge in [-0.1, -0.05) is 6.42 Å². The third-order valence-electron chi connectivity index (χ3n) is 2.52. The molecule has 1 aliphatic rings. The summed E-state index contributed by atoms with van der Waals surface area (Å²) in [4.78, 5) is 2.18. The Bertz CT molecular complexity index is 245. The van der Waals surface area contributed by atoms with Gasteiger partial charge in [-0.3, -0.25) is 0 Å². The van der Waals surface area contributed by atoms with Crippen LogP contribution in [0.25, 0.3) is 0 Å². The van der Waals surface area contributed by atoms with Gasteiger partial charge in [0.2, 0.25) is 10.0 Å². The van der Waals surface area contributed by atoms with Crippen molar-refractivity contribution in [1.82, 2.24) is 4.90 Å². The van der Waals surface area contributed by atoms with Gasteiger partial charge in [-0.2, -0.15) is 0 Å². The molecule has 0 aromatic rings. The molecule has 0 amide bonds. The summed E-state index contributed by atoms with van der Waals surface area (Å²) in [6, 6.07) is 0. The molecule has 1 unspecified atom stereocenters. The van der Waals surface area contributed by atoms with E-state index in [2.05, 4.69) is 4.90 Å². The number of rotatable bonds is 3. The Balaban J connectivity index is 2.39. The second-order valence-electron chi connectivity index (χ2n) is 3.76. The minimum Gasteiger partial charge on any atom is -0.302 e. The molecule has 0 radical (unpaired) electrons. The minimum atomic E-state index is -3.34. The minimum absolute atomic E-state index is 0.439. The predicted molar refractivity (Wildman–Crippen MR) is 52.9 cm³/mol. The molecule has 1 atom stereocenters. The number of nitrogens with two attached hydrogens (primary N) is 1. The Hall–Kier alpha value is -0.130. The zero-order valence-corrected chi connectivity index (χ0v) is 8.89. The topological polar surface area (TPSA) is 63.4 Å². The first-order chi connectivity index (χ1) is 6.00. The highest BCUT2D eigenvalue weighted by Crippen LogP contribution is 2.10. The summed E-state index contributed by atoms with van der Waals surface area (Å²) < 4.78 is 21.9. The Kier molecular flexibility index (Phi) is 3.70. The van der Waals surface area contributed by atoms with Crippen molar-refractivity contribution in [1.29, 1.82) is 0 Å². The molecule has 1 aliphatic heterocycles. The van der Waals surface area contributed by atoms with Crippen molar-refractivity contribution in [3.8, 4) is 0 Å². The fraction of sp³-hybridized carbons (Fsp3) is 1.00. The van der Waals surface area contributed by atoms with Crippen molar-refractivity contribution in [2.45, 2.75) is 31.4 Å². The Morgan fingerprint density at radius 2 is 1.85 bits per heavy atom. The highest BCUT2D eigenvalue weighted by atomic mass is 32.2. The van der Waals surface area contributed by atoms with Crippen LogP contribution in [-0.4, -0.2) is 38.2 Å². The number of piperidine rings is 1. The predicted octanol–water partition coefficient (Wildman–Crippen LogP) is 0.149. The van der Waals surface area contributed by atoms with Gasteiger partial charge in [-0.15, -0.1) is 0 Å². The first-order valence-electron chi connectivity index (χ1n) is 4.74. The fourth-order valence-electron chi connectivity index (χ4n) is 1.61. The second-order valence-corrected chi connectivity index (χ2v) is 5.74. The molecule has 1 rings (SSSR count). The van der Waals surface area contributed by atoms with Crippen LogP contribution in [0.5, 0.6) is 0 Å². The van der Waals surface area contributed by atoms with E-state index in [0.717, 1.165) is 13.1 Å². The van der Waals surface area contributed by atoms with Gasteiger partial charge in [0.05, 0.1) is 5.25 Å². The maximum absolute atomic E-state index is 11.0. The van der Waals surface area contributed by atoms with Gasteiger partial charge in [-0.05, 0) is 32.9 Å². The number of sulfonamides is 1. The molecular weight excluding hydrogens is 188 g/mol. The average Bonchev–Trinajstić information content (AvgIpc) is 2.04. The number of primary sulfonamides is 1. The van der Waals surface area contributed by atoms with Gasteiger partial charge in [0, 0.05) is 6.54 Å². The quantitative estimate of drug-likeness (QED) is 0.715. The highest BCUT2D eigenvalue weighted by Gasteiger charge is 2.20. The molecule has 0 bridgehead atoms. The van der Waals surface area contributed by atoms with E-state index in [1.165, 1.54) is 19.3 Å². The second kappa shape index (κ2) is 4.39. The van der Waals surface area contributed by atoms with E-state index in [0.29, 0.717) is 6.54 Å². The van der Waals surface area contributed by atoms with Crippen LogP contribution in [0, 0.1) is 0 Å². The SMILES string of the molecule is CC(CN1CCCCC1)S(N)(=O)=O.